The second-order valence-electron chi connectivity index (χ2n) is 9.64. The highest BCUT2D eigenvalue weighted by Gasteiger charge is 2.33. The third-order valence-corrected chi connectivity index (χ3v) is 14.8. The standard InChI is InChI=1S/C29H33O2PSi/c1-29(2,3)33(4,5)23-15-22-31-28(30)24-32(25-16-9-6-10-17-25,26-18-11-7-12-19-26)27-20-13-8-14-21-27/h6-14,16-21,24H,22H2,1-5H3. The second kappa shape index (κ2) is 10.4. The number of rotatable bonds is 5. The van der Waals surface area contributed by atoms with E-state index in [1.54, 1.807) is 5.80 Å². The largest absolute Gasteiger partial charge is 0.449 e. The average Bonchev–Trinajstić information content (AvgIpc) is 2.81. The molecule has 3 aromatic rings. The molecule has 0 aliphatic carbocycles. The Morgan fingerprint density at radius 2 is 1.21 bits per heavy atom. The third-order valence-electron chi connectivity index (χ3n) is 6.35. The van der Waals surface area contributed by atoms with Crippen LogP contribution in [0.1, 0.15) is 20.8 Å². The Morgan fingerprint density at radius 1 is 0.818 bits per heavy atom. The quantitative estimate of drug-likeness (QED) is 0.216. The number of hydrogen-bond donors (Lipinski definition) is 0. The van der Waals surface area contributed by atoms with E-state index in [-0.39, 0.29) is 17.6 Å². The first-order valence-electron chi connectivity index (χ1n) is 11.3. The Balaban J connectivity index is 2.06. The lowest BCUT2D eigenvalue weighted by Gasteiger charge is -2.31. The van der Waals surface area contributed by atoms with Gasteiger partial charge in [0.1, 0.15) is 8.07 Å². The Kier molecular flexibility index (Phi) is 7.85. The fourth-order valence-corrected chi connectivity index (χ4v) is 7.96. The summed E-state index contributed by atoms with van der Waals surface area (Å²) < 4.78 is 5.65. The zero-order chi connectivity index (χ0) is 24.0. The minimum absolute atomic E-state index is 0.111. The summed E-state index contributed by atoms with van der Waals surface area (Å²) in [6.45, 7) is 8.95. The summed E-state index contributed by atoms with van der Waals surface area (Å²) in [6.07, 6.45) is 0. The monoisotopic (exact) mass is 472 g/mol. The van der Waals surface area contributed by atoms with Crippen molar-refractivity contribution in [1.82, 2.24) is 0 Å². The average molecular weight is 473 g/mol. The molecule has 0 bridgehead atoms. The molecule has 4 heteroatoms. The Bertz CT molecular complexity index is 1080. The zero-order valence-corrected chi connectivity index (χ0v) is 22.1. The molecule has 0 radical (unpaired) electrons. The molecule has 0 spiro atoms. The van der Waals surface area contributed by atoms with Gasteiger partial charge < -0.3 is 4.74 Å². The van der Waals surface area contributed by atoms with Gasteiger partial charge in [-0.1, -0.05) is 131 Å². The van der Waals surface area contributed by atoms with Gasteiger partial charge in [-0.2, -0.15) is 0 Å². The fourth-order valence-electron chi connectivity index (χ4n) is 3.41. The first-order valence-corrected chi connectivity index (χ1v) is 16.1. The van der Waals surface area contributed by atoms with Crippen LogP contribution in [0.3, 0.4) is 0 Å². The van der Waals surface area contributed by atoms with Gasteiger partial charge in [-0.25, -0.2) is 4.79 Å². The van der Waals surface area contributed by atoms with Crippen LogP contribution in [-0.4, -0.2) is 26.4 Å². The van der Waals surface area contributed by atoms with Crippen LogP contribution in [-0.2, 0) is 9.53 Å². The van der Waals surface area contributed by atoms with E-state index < -0.39 is 15.0 Å². The third kappa shape index (κ3) is 5.77. The van der Waals surface area contributed by atoms with Crippen LogP contribution < -0.4 is 15.9 Å². The van der Waals surface area contributed by atoms with Gasteiger partial charge in [0.05, 0.1) is 0 Å². The summed E-state index contributed by atoms with van der Waals surface area (Å²) in [5, 5.41) is 3.52. The van der Waals surface area contributed by atoms with Crippen molar-refractivity contribution in [3.63, 3.8) is 0 Å². The van der Waals surface area contributed by atoms with Crippen molar-refractivity contribution >= 4 is 42.6 Å². The van der Waals surface area contributed by atoms with E-state index >= 15 is 0 Å². The lowest BCUT2D eigenvalue weighted by atomic mass is 10.2. The van der Waals surface area contributed by atoms with Gasteiger partial charge in [0.25, 0.3) is 0 Å². The number of carbonyl (C=O) groups excluding carboxylic acids is 1. The van der Waals surface area contributed by atoms with Crippen LogP contribution in [0, 0.1) is 11.5 Å². The summed E-state index contributed by atoms with van der Waals surface area (Å²) in [6, 6.07) is 30.8. The highest BCUT2D eigenvalue weighted by molar-refractivity contribution is 7.95. The molecule has 33 heavy (non-hydrogen) atoms. The molecule has 0 atom stereocenters. The van der Waals surface area contributed by atoms with Crippen LogP contribution in [0.4, 0.5) is 0 Å². The van der Waals surface area contributed by atoms with Crippen LogP contribution >= 0.6 is 6.89 Å². The lowest BCUT2D eigenvalue weighted by molar-refractivity contribution is -0.133. The van der Waals surface area contributed by atoms with Crippen molar-refractivity contribution in [2.24, 2.45) is 0 Å². The summed E-state index contributed by atoms with van der Waals surface area (Å²) in [7, 11) is -1.74. The van der Waals surface area contributed by atoms with Gasteiger partial charge in [-0.3, -0.25) is 0 Å². The minimum Gasteiger partial charge on any atom is -0.449 e. The van der Waals surface area contributed by atoms with Gasteiger partial charge in [-0.05, 0) is 27.8 Å². The molecule has 0 saturated heterocycles. The van der Waals surface area contributed by atoms with Crippen molar-refractivity contribution in [2.75, 3.05) is 6.61 Å². The van der Waals surface area contributed by atoms with E-state index in [1.807, 2.05) is 54.6 Å². The number of carbonyl (C=O) groups is 1. The molecule has 0 N–H and O–H groups in total. The first-order chi connectivity index (χ1) is 15.7. The van der Waals surface area contributed by atoms with Gasteiger partial charge in [-0.15, -0.1) is 5.54 Å². The molecule has 0 aromatic heterocycles. The molecular weight excluding hydrogens is 439 g/mol. The SMILES string of the molecule is CC(C)(C)[Si](C)(C)C#CCOC(=O)C=P(c1ccccc1)(c1ccccc1)c1ccccc1. The van der Waals surface area contributed by atoms with Crippen LogP contribution in [0.2, 0.25) is 18.1 Å². The number of esters is 1. The molecule has 0 unspecified atom stereocenters. The normalized spacial score (nSPS) is 11.8. The number of hydrogen-bond acceptors (Lipinski definition) is 2. The molecule has 170 valence electrons. The minimum atomic E-state index is -2.36. The highest BCUT2D eigenvalue weighted by atomic mass is 31.2. The van der Waals surface area contributed by atoms with Crippen LogP contribution in [0.25, 0.3) is 0 Å². The summed E-state index contributed by atoms with van der Waals surface area (Å²) in [5.74, 6) is 4.61. The van der Waals surface area contributed by atoms with E-state index in [0.717, 1.165) is 15.9 Å². The maximum absolute atomic E-state index is 13.2. The molecule has 3 rings (SSSR count). The van der Waals surface area contributed by atoms with E-state index in [9.17, 15) is 4.79 Å². The van der Waals surface area contributed by atoms with Gasteiger partial charge >= 0.3 is 5.97 Å². The molecule has 0 aliphatic heterocycles. The molecular formula is C29H33O2PSi. The van der Waals surface area contributed by atoms with Crippen LogP contribution in [0.15, 0.2) is 91.0 Å². The summed E-state index contributed by atoms with van der Waals surface area (Å²) in [4.78, 5) is 13.2. The second-order valence-corrected chi connectivity index (χ2v) is 17.9. The van der Waals surface area contributed by atoms with Crippen molar-refractivity contribution in [3.05, 3.63) is 91.0 Å². The van der Waals surface area contributed by atoms with Gasteiger partial charge in [0, 0.05) is 5.80 Å². The van der Waals surface area contributed by atoms with Crippen molar-refractivity contribution in [3.8, 4) is 11.5 Å². The van der Waals surface area contributed by atoms with E-state index in [2.05, 4.69) is 81.7 Å². The molecule has 0 heterocycles. The maximum Gasteiger partial charge on any atom is 0.332 e. The number of ether oxygens (including phenoxy) is 1. The first kappa shape index (κ1) is 24.8. The lowest BCUT2D eigenvalue weighted by Crippen LogP contribution is -2.35. The predicted octanol–water partition coefficient (Wildman–Crippen LogP) is 5.38. The predicted molar refractivity (Wildman–Crippen MR) is 147 cm³/mol. The molecule has 2 nitrogen and oxygen atoms in total. The Labute approximate surface area is 200 Å². The van der Waals surface area contributed by atoms with Crippen molar-refractivity contribution < 1.29 is 9.53 Å². The Hall–Kier alpha value is -2.79. The van der Waals surface area contributed by atoms with Crippen LogP contribution in [0.5, 0.6) is 0 Å². The van der Waals surface area contributed by atoms with E-state index in [1.165, 1.54) is 0 Å². The molecule has 0 aliphatic rings. The van der Waals surface area contributed by atoms with Crippen molar-refractivity contribution in [2.45, 2.75) is 38.9 Å². The maximum atomic E-state index is 13.2. The summed E-state index contributed by atoms with van der Waals surface area (Å²) in [5.41, 5.74) is 3.42. The van der Waals surface area contributed by atoms with Gasteiger partial charge in [0.15, 0.2) is 6.61 Å². The molecule has 0 fully saturated rings. The van der Waals surface area contributed by atoms with E-state index in [4.69, 9.17) is 4.74 Å². The topological polar surface area (TPSA) is 26.3 Å². The Morgan fingerprint density at radius 3 is 1.58 bits per heavy atom. The smallest absolute Gasteiger partial charge is 0.332 e. The van der Waals surface area contributed by atoms with Gasteiger partial charge in [0.2, 0.25) is 0 Å². The summed E-state index contributed by atoms with van der Waals surface area (Å²) >= 11 is 0. The zero-order valence-electron chi connectivity index (χ0n) is 20.2. The van der Waals surface area contributed by atoms with Crippen molar-refractivity contribution in [1.29, 1.82) is 0 Å². The van der Waals surface area contributed by atoms with E-state index in [0.29, 0.717) is 0 Å². The molecule has 0 amide bonds. The molecule has 3 aromatic carbocycles. The molecule has 0 saturated carbocycles. The highest BCUT2D eigenvalue weighted by Crippen LogP contribution is 2.43. The fraction of sp³-hybridized carbons (Fsp3) is 0.241. The number of benzene rings is 3.